The van der Waals surface area contributed by atoms with Crippen molar-refractivity contribution in [1.82, 2.24) is 0 Å². The van der Waals surface area contributed by atoms with Crippen LogP contribution in [-0.2, 0) is 4.79 Å². The van der Waals surface area contributed by atoms with E-state index in [-0.39, 0.29) is 5.92 Å². The van der Waals surface area contributed by atoms with Crippen molar-refractivity contribution in [3.63, 3.8) is 0 Å². The summed E-state index contributed by atoms with van der Waals surface area (Å²) in [6, 6.07) is 0. The molecule has 0 aromatic heterocycles. The zero-order chi connectivity index (χ0) is 7.40. The van der Waals surface area contributed by atoms with Crippen LogP contribution in [0.1, 0.15) is 32.6 Å². The van der Waals surface area contributed by atoms with E-state index in [0.29, 0.717) is 5.78 Å². The van der Waals surface area contributed by atoms with Crippen molar-refractivity contribution in [2.24, 2.45) is 5.92 Å². The van der Waals surface area contributed by atoms with E-state index in [9.17, 15) is 4.79 Å². The summed E-state index contributed by atoms with van der Waals surface area (Å²) in [5, 5.41) is 0. The second kappa shape index (κ2) is 3.55. The monoisotopic (exact) mass is 138 g/mol. The van der Waals surface area contributed by atoms with Gasteiger partial charge in [-0.15, -0.1) is 0 Å². The third-order valence-electron chi connectivity index (χ3n) is 2.03. The summed E-state index contributed by atoms with van der Waals surface area (Å²) in [7, 11) is 0. The van der Waals surface area contributed by atoms with Gasteiger partial charge in [0.2, 0.25) is 0 Å². The summed E-state index contributed by atoms with van der Waals surface area (Å²) in [5.41, 5.74) is 0. The third kappa shape index (κ3) is 1.69. The Hall–Kier alpha value is -0.590. The Morgan fingerprint density at radius 3 is 2.90 bits per heavy atom. The summed E-state index contributed by atoms with van der Waals surface area (Å²) < 4.78 is 0. The molecule has 10 heavy (non-hydrogen) atoms. The lowest BCUT2D eigenvalue weighted by atomic mass is 9.88. The highest BCUT2D eigenvalue weighted by molar-refractivity contribution is 5.83. The molecule has 0 bridgehead atoms. The van der Waals surface area contributed by atoms with Crippen LogP contribution in [0, 0.1) is 5.92 Å². The second-order valence-corrected chi connectivity index (χ2v) is 2.84. The van der Waals surface area contributed by atoms with Gasteiger partial charge < -0.3 is 0 Å². The molecule has 1 heteroatoms. The van der Waals surface area contributed by atoms with Crippen LogP contribution in [0.5, 0.6) is 0 Å². The molecule has 0 amide bonds. The number of hydrogen-bond donors (Lipinski definition) is 0. The van der Waals surface area contributed by atoms with E-state index in [4.69, 9.17) is 0 Å². The van der Waals surface area contributed by atoms with E-state index < -0.39 is 0 Å². The minimum Gasteiger partial charge on any atom is -0.299 e. The molecular formula is C9H14O. The lowest BCUT2D eigenvalue weighted by molar-refractivity contribution is -0.122. The predicted molar refractivity (Wildman–Crippen MR) is 41.8 cm³/mol. The molecule has 1 unspecified atom stereocenters. The number of rotatable bonds is 1. The molecule has 56 valence electrons. The Morgan fingerprint density at radius 1 is 1.50 bits per heavy atom. The van der Waals surface area contributed by atoms with E-state index in [1.54, 1.807) is 0 Å². The SMILES string of the molecule is C/C=C/C1CCCCC1=O. The molecule has 0 N–H and O–H groups in total. The summed E-state index contributed by atoms with van der Waals surface area (Å²) in [6.45, 7) is 1.97. The first kappa shape index (κ1) is 7.52. The molecule has 1 atom stereocenters. The fourth-order valence-corrected chi connectivity index (χ4v) is 1.45. The average molecular weight is 138 g/mol. The van der Waals surface area contributed by atoms with Crippen LogP contribution in [0.4, 0.5) is 0 Å². The Bertz CT molecular complexity index is 147. The molecule has 0 heterocycles. The summed E-state index contributed by atoms with van der Waals surface area (Å²) in [4.78, 5) is 11.1. The van der Waals surface area contributed by atoms with Crippen LogP contribution in [0.25, 0.3) is 0 Å². The van der Waals surface area contributed by atoms with Gasteiger partial charge in [0.05, 0.1) is 0 Å². The van der Waals surface area contributed by atoms with Gasteiger partial charge in [-0.2, -0.15) is 0 Å². The van der Waals surface area contributed by atoms with Crippen LogP contribution in [0.2, 0.25) is 0 Å². The Labute approximate surface area is 62.1 Å². The van der Waals surface area contributed by atoms with Crippen molar-refractivity contribution in [1.29, 1.82) is 0 Å². The van der Waals surface area contributed by atoms with Gasteiger partial charge in [0.25, 0.3) is 0 Å². The predicted octanol–water partition coefficient (Wildman–Crippen LogP) is 2.32. The van der Waals surface area contributed by atoms with E-state index in [1.165, 1.54) is 6.42 Å². The first-order chi connectivity index (χ1) is 4.84. The second-order valence-electron chi connectivity index (χ2n) is 2.84. The summed E-state index contributed by atoms with van der Waals surface area (Å²) >= 11 is 0. The number of carbonyl (C=O) groups is 1. The van der Waals surface area contributed by atoms with Gasteiger partial charge in [0.1, 0.15) is 5.78 Å². The van der Waals surface area contributed by atoms with Crippen LogP contribution >= 0.6 is 0 Å². The normalized spacial score (nSPS) is 27.7. The molecule has 1 aliphatic rings. The number of hydrogen-bond acceptors (Lipinski definition) is 1. The topological polar surface area (TPSA) is 17.1 Å². The molecule has 1 nitrogen and oxygen atoms in total. The Balaban J connectivity index is 2.48. The maximum absolute atomic E-state index is 11.1. The molecule has 1 rings (SSSR count). The van der Waals surface area contributed by atoms with Crippen LogP contribution < -0.4 is 0 Å². The lowest BCUT2D eigenvalue weighted by Gasteiger charge is -2.16. The van der Waals surface area contributed by atoms with Crippen LogP contribution in [-0.4, -0.2) is 5.78 Å². The smallest absolute Gasteiger partial charge is 0.139 e. The van der Waals surface area contributed by atoms with Gasteiger partial charge in [-0.25, -0.2) is 0 Å². The van der Waals surface area contributed by atoms with Crippen molar-refractivity contribution >= 4 is 5.78 Å². The summed E-state index contributed by atoms with van der Waals surface area (Å²) in [6.07, 6.45) is 8.21. The Morgan fingerprint density at radius 2 is 2.30 bits per heavy atom. The third-order valence-corrected chi connectivity index (χ3v) is 2.03. The minimum absolute atomic E-state index is 0.249. The molecule has 1 fully saturated rings. The molecular weight excluding hydrogens is 124 g/mol. The van der Waals surface area contributed by atoms with Crippen LogP contribution in [0.3, 0.4) is 0 Å². The molecule has 0 aromatic rings. The van der Waals surface area contributed by atoms with Gasteiger partial charge in [0.15, 0.2) is 0 Å². The first-order valence-electron chi connectivity index (χ1n) is 4.00. The molecule has 0 aromatic carbocycles. The highest BCUT2D eigenvalue weighted by Gasteiger charge is 2.18. The fourth-order valence-electron chi connectivity index (χ4n) is 1.45. The van der Waals surface area contributed by atoms with Crippen molar-refractivity contribution in [3.8, 4) is 0 Å². The highest BCUT2D eigenvalue weighted by Crippen LogP contribution is 2.21. The maximum Gasteiger partial charge on any atom is 0.139 e. The van der Waals surface area contributed by atoms with Gasteiger partial charge in [0, 0.05) is 12.3 Å². The largest absolute Gasteiger partial charge is 0.299 e. The van der Waals surface area contributed by atoms with Gasteiger partial charge in [-0.3, -0.25) is 4.79 Å². The van der Waals surface area contributed by atoms with Gasteiger partial charge in [-0.05, 0) is 19.8 Å². The molecule has 0 radical (unpaired) electrons. The minimum atomic E-state index is 0.249. The van der Waals surface area contributed by atoms with Crippen LogP contribution in [0.15, 0.2) is 12.2 Å². The van der Waals surface area contributed by atoms with Gasteiger partial charge >= 0.3 is 0 Å². The van der Waals surface area contributed by atoms with Crippen molar-refractivity contribution < 1.29 is 4.79 Å². The van der Waals surface area contributed by atoms with Crippen molar-refractivity contribution in [3.05, 3.63) is 12.2 Å². The number of ketones is 1. The van der Waals surface area contributed by atoms with Crippen molar-refractivity contribution in [2.75, 3.05) is 0 Å². The van der Waals surface area contributed by atoms with E-state index >= 15 is 0 Å². The average Bonchev–Trinajstić information content (AvgIpc) is 1.94. The first-order valence-corrected chi connectivity index (χ1v) is 4.00. The fraction of sp³-hybridized carbons (Fsp3) is 0.667. The number of allylic oxidation sites excluding steroid dienone is 2. The highest BCUT2D eigenvalue weighted by atomic mass is 16.1. The Kier molecular flexibility index (Phi) is 2.67. The molecule has 0 spiro atoms. The number of Topliss-reactive ketones (excluding diaryl/α,β-unsaturated/α-hetero) is 1. The molecule has 1 saturated carbocycles. The molecule has 1 aliphatic carbocycles. The lowest BCUT2D eigenvalue weighted by Crippen LogP contribution is -2.16. The summed E-state index contributed by atoms with van der Waals surface area (Å²) in [5.74, 6) is 0.683. The van der Waals surface area contributed by atoms with Crippen molar-refractivity contribution in [2.45, 2.75) is 32.6 Å². The van der Waals surface area contributed by atoms with Gasteiger partial charge in [-0.1, -0.05) is 18.6 Å². The maximum atomic E-state index is 11.1. The van der Waals surface area contributed by atoms with E-state index in [1.807, 2.05) is 19.1 Å². The molecule has 0 saturated heterocycles. The zero-order valence-corrected chi connectivity index (χ0v) is 6.47. The zero-order valence-electron chi connectivity index (χ0n) is 6.47. The number of carbonyl (C=O) groups excluding carboxylic acids is 1. The molecule has 0 aliphatic heterocycles. The standard InChI is InChI=1S/C9H14O/c1-2-5-8-6-3-4-7-9(8)10/h2,5,8H,3-4,6-7H2,1H3/b5-2+. The van der Waals surface area contributed by atoms with E-state index in [2.05, 4.69) is 0 Å². The van der Waals surface area contributed by atoms with E-state index in [0.717, 1.165) is 19.3 Å². The quantitative estimate of drug-likeness (QED) is 0.508.